The van der Waals surface area contributed by atoms with E-state index >= 15 is 0 Å². The summed E-state index contributed by atoms with van der Waals surface area (Å²) >= 11 is 0. The van der Waals surface area contributed by atoms with Gasteiger partial charge in [0.15, 0.2) is 0 Å². The molecule has 1 aliphatic rings. The molecule has 1 saturated heterocycles. The van der Waals surface area contributed by atoms with Gasteiger partial charge in [-0.3, -0.25) is 19.2 Å². The van der Waals surface area contributed by atoms with E-state index in [0.29, 0.717) is 18.3 Å². The Morgan fingerprint density at radius 3 is 2.59 bits per heavy atom. The molecule has 0 saturated carbocycles. The zero-order valence-electron chi connectivity index (χ0n) is 19.5. The third kappa shape index (κ3) is 7.12. The van der Waals surface area contributed by atoms with E-state index < -0.39 is 18.1 Å². The Morgan fingerprint density at radius 1 is 1.29 bits per heavy atom. The lowest BCUT2D eigenvalue weighted by molar-refractivity contribution is -0.138. The number of carboxylic acid groups (broad SMARTS) is 1. The molecular formula is C23H31N5O6. The second kappa shape index (κ2) is 12.5. The lowest BCUT2D eigenvalue weighted by Gasteiger charge is -2.29. The number of amides is 3. The molecule has 1 aromatic heterocycles. The van der Waals surface area contributed by atoms with Crippen LogP contribution in [0, 0.1) is 5.92 Å². The number of carbonyl (C=O) groups is 5. The summed E-state index contributed by atoms with van der Waals surface area (Å²) < 4.78 is 0. The van der Waals surface area contributed by atoms with Gasteiger partial charge in [-0.2, -0.15) is 0 Å². The number of aliphatic carboxylic acids is 1. The highest BCUT2D eigenvalue weighted by atomic mass is 16.4. The molecule has 0 aliphatic carbocycles. The maximum absolute atomic E-state index is 12.8. The number of carboxylic acids is 1. The Hall–Kier alpha value is -3.76. The molecule has 3 atom stereocenters. The molecule has 0 spiro atoms. The van der Waals surface area contributed by atoms with Gasteiger partial charge in [0.05, 0.1) is 29.8 Å². The summed E-state index contributed by atoms with van der Waals surface area (Å²) in [5.41, 5.74) is 2.15. The number of likely N-dealkylation sites (tertiary alicyclic amines) is 1. The van der Waals surface area contributed by atoms with Crippen molar-refractivity contribution in [3.8, 4) is 0 Å². The number of fused-ring (bicyclic) bond motifs is 1. The highest BCUT2D eigenvalue weighted by Gasteiger charge is 2.33. The second-order valence-electron chi connectivity index (χ2n) is 8.48. The standard InChI is InChI=1S/C18H24N4O2.C5H7NO4/c1-11(2)16(18(24)22-8-4-5-12(22)3)21-17(23)13-6-7-14-15(9-13)20-10-19-14;7-2-4(6-3-8)1-5(9)10/h6-7,9-12,16H,4-5,8H2,1-3H3,(H,19,20)(H,21,23);2-4H,1H2,(H,6,8)(H,9,10)/t;4-/m.0/s1. The molecular weight excluding hydrogens is 442 g/mol. The molecule has 2 unspecified atom stereocenters. The number of rotatable bonds is 9. The highest BCUT2D eigenvalue weighted by Crippen LogP contribution is 2.20. The quantitative estimate of drug-likeness (QED) is 0.396. The van der Waals surface area contributed by atoms with Crippen molar-refractivity contribution in [3.63, 3.8) is 0 Å². The fraction of sp³-hybridized carbons (Fsp3) is 0.478. The minimum atomic E-state index is -1.12. The Balaban J connectivity index is 0.000000347. The minimum Gasteiger partial charge on any atom is -0.481 e. The van der Waals surface area contributed by atoms with Crippen molar-refractivity contribution in [2.24, 2.45) is 5.92 Å². The lowest BCUT2D eigenvalue weighted by Crippen LogP contribution is -2.52. The number of carbonyl (C=O) groups excluding carboxylic acids is 4. The minimum absolute atomic E-state index is 0.0194. The van der Waals surface area contributed by atoms with Crippen molar-refractivity contribution >= 4 is 41.5 Å². The number of imidazole rings is 1. The van der Waals surface area contributed by atoms with Gasteiger partial charge in [-0.05, 0) is 43.9 Å². The SMILES string of the molecule is CC(C)C(NC(=O)c1ccc2nc[nH]c2c1)C(=O)N1CCCC1C.O=CN[C@H](C=O)CC(=O)O. The van der Waals surface area contributed by atoms with Gasteiger partial charge in [-0.1, -0.05) is 13.8 Å². The van der Waals surface area contributed by atoms with Crippen LogP contribution in [-0.2, 0) is 19.2 Å². The number of hydrogen-bond donors (Lipinski definition) is 4. The third-order valence-corrected chi connectivity index (χ3v) is 5.58. The molecule has 2 aromatic rings. The van der Waals surface area contributed by atoms with Gasteiger partial charge >= 0.3 is 5.97 Å². The lowest BCUT2D eigenvalue weighted by atomic mass is 10.0. The van der Waals surface area contributed by atoms with Crippen LogP contribution < -0.4 is 10.6 Å². The van der Waals surface area contributed by atoms with Crippen molar-refractivity contribution < 1.29 is 29.1 Å². The predicted octanol–water partition coefficient (Wildman–Crippen LogP) is 1.10. The van der Waals surface area contributed by atoms with Crippen LogP contribution in [0.3, 0.4) is 0 Å². The molecule has 0 radical (unpaired) electrons. The summed E-state index contributed by atoms with van der Waals surface area (Å²) in [6.45, 7) is 6.76. The number of hydrogen-bond acceptors (Lipinski definition) is 6. The van der Waals surface area contributed by atoms with E-state index in [1.165, 1.54) is 0 Å². The molecule has 2 heterocycles. The van der Waals surface area contributed by atoms with Gasteiger partial charge in [-0.15, -0.1) is 0 Å². The first-order chi connectivity index (χ1) is 16.2. The Morgan fingerprint density at radius 2 is 2.03 bits per heavy atom. The smallest absolute Gasteiger partial charge is 0.305 e. The van der Waals surface area contributed by atoms with E-state index in [1.54, 1.807) is 24.5 Å². The zero-order chi connectivity index (χ0) is 25.3. The maximum atomic E-state index is 12.8. The summed E-state index contributed by atoms with van der Waals surface area (Å²) in [5.74, 6) is -1.30. The van der Waals surface area contributed by atoms with E-state index in [0.717, 1.165) is 30.4 Å². The third-order valence-electron chi connectivity index (χ3n) is 5.58. The van der Waals surface area contributed by atoms with E-state index in [4.69, 9.17) is 5.11 Å². The van der Waals surface area contributed by atoms with Crippen LogP contribution in [0.4, 0.5) is 0 Å². The maximum Gasteiger partial charge on any atom is 0.305 e. The number of aldehydes is 1. The fourth-order valence-electron chi connectivity index (χ4n) is 3.68. The first-order valence-electron chi connectivity index (χ1n) is 11.1. The van der Waals surface area contributed by atoms with Crippen molar-refractivity contribution in [2.45, 2.75) is 58.2 Å². The highest BCUT2D eigenvalue weighted by molar-refractivity contribution is 5.99. The van der Waals surface area contributed by atoms with Gasteiger partial charge in [0.2, 0.25) is 12.3 Å². The first-order valence-corrected chi connectivity index (χ1v) is 11.1. The molecule has 3 amide bonds. The molecule has 0 bridgehead atoms. The van der Waals surface area contributed by atoms with E-state index in [9.17, 15) is 24.0 Å². The van der Waals surface area contributed by atoms with Crippen LogP contribution in [0.25, 0.3) is 11.0 Å². The Bertz CT molecular complexity index is 1020. The summed E-state index contributed by atoms with van der Waals surface area (Å²) in [6, 6.07) is 4.13. The second-order valence-corrected chi connectivity index (χ2v) is 8.48. The van der Waals surface area contributed by atoms with Crippen molar-refractivity contribution in [2.75, 3.05) is 6.54 Å². The number of H-pyrrole nitrogens is 1. The van der Waals surface area contributed by atoms with Gasteiger partial charge in [0.1, 0.15) is 12.3 Å². The van der Waals surface area contributed by atoms with Crippen LogP contribution >= 0.6 is 0 Å². The molecule has 4 N–H and O–H groups in total. The normalized spacial score (nSPS) is 16.8. The van der Waals surface area contributed by atoms with Gasteiger partial charge in [0, 0.05) is 18.2 Å². The number of aromatic amines is 1. The Kier molecular flexibility index (Phi) is 9.72. The average molecular weight is 474 g/mol. The van der Waals surface area contributed by atoms with Crippen LogP contribution in [0.2, 0.25) is 0 Å². The number of aromatic nitrogens is 2. The van der Waals surface area contributed by atoms with Gasteiger partial charge < -0.3 is 30.4 Å². The van der Waals surface area contributed by atoms with E-state index in [2.05, 4.69) is 22.2 Å². The molecule has 34 heavy (non-hydrogen) atoms. The molecule has 11 nitrogen and oxygen atoms in total. The zero-order valence-corrected chi connectivity index (χ0v) is 19.5. The van der Waals surface area contributed by atoms with Crippen LogP contribution in [-0.4, -0.2) is 75.1 Å². The number of nitrogens with one attached hydrogen (secondary N) is 3. The van der Waals surface area contributed by atoms with Crippen molar-refractivity contribution in [1.29, 1.82) is 0 Å². The molecule has 1 aromatic carbocycles. The van der Waals surface area contributed by atoms with Crippen molar-refractivity contribution in [1.82, 2.24) is 25.5 Å². The largest absolute Gasteiger partial charge is 0.481 e. The van der Waals surface area contributed by atoms with Gasteiger partial charge in [0.25, 0.3) is 5.91 Å². The summed E-state index contributed by atoms with van der Waals surface area (Å²) in [4.78, 5) is 64.0. The summed E-state index contributed by atoms with van der Waals surface area (Å²) in [6.07, 6.45) is 3.96. The molecule has 184 valence electrons. The van der Waals surface area contributed by atoms with Crippen LogP contribution in [0.1, 0.15) is 50.4 Å². The fourth-order valence-corrected chi connectivity index (χ4v) is 3.68. The van der Waals surface area contributed by atoms with Gasteiger partial charge in [-0.25, -0.2) is 4.98 Å². The van der Waals surface area contributed by atoms with Crippen LogP contribution in [0.15, 0.2) is 24.5 Å². The average Bonchev–Trinajstić information content (AvgIpc) is 3.44. The molecule has 1 fully saturated rings. The Labute approximate surface area is 197 Å². The predicted molar refractivity (Wildman–Crippen MR) is 124 cm³/mol. The van der Waals surface area contributed by atoms with E-state index in [-0.39, 0.29) is 30.2 Å². The monoisotopic (exact) mass is 473 g/mol. The molecule has 1 aliphatic heterocycles. The van der Waals surface area contributed by atoms with Crippen LogP contribution in [0.5, 0.6) is 0 Å². The first kappa shape index (κ1) is 26.5. The number of nitrogens with zero attached hydrogens (tertiary/aromatic N) is 2. The molecule has 3 rings (SSSR count). The van der Waals surface area contributed by atoms with Crippen molar-refractivity contribution in [3.05, 3.63) is 30.1 Å². The summed E-state index contributed by atoms with van der Waals surface area (Å²) in [5, 5.41) is 13.1. The summed E-state index contributed by atoms with van der Waals surface area (Å²) in [7, 11) is 0. The molecule has 11 heteroatoms. The van der Waals surface area contributed by atoms with E-state index in [1.807, 2.05) is 24.1 Å². The number of benzene rings is 1. The topological polar surface area (TPSA) is 162 Å².